The molecule has 1 heterocycles. The molecule has 30 heavy (non-hydrogen) atoms. The van der Waals surface area contributed by atoms with E-state index in [2.05, 4.69) is 33.0 Å². The number of nitrogens with one attached hydrogen (secondary N) is 1. The van der Waals surface area contributed by atoms with Crippen LogP contribution >= 0.6 is 0 Å². The van der Waals surface area contributed by atoms with Crippen LogP contribution in [0.25, 0.3) is 11.0 Å². The van der Waals surface area contributed by atoms with Crippen molar-refractivity contribution in [1.82, 2.24) is 19.8 Å². The molecular weight excluding hydrogens is 380 g/mol. The fourth-order valence-corrected chi connectivity index (χ4v) is 3.54. The molecule has 1 aromatic carbocycles. The molecule has 0 fully saturated rings. The van der Waals surface area contributed by atoms with Crippen LogP contribution in [0.4, 0.5) is 0 Å². The minimum atomic E-state index is -0.126. The predicted molar refractivity (Wildman–Crippen MR) is 119 cm³/mol. The molecule has 0 saturated heterocycles. The van der Waals surface area contributed by atoms with E-state index in [1.165, 1.54) is 7.11 Å². The van der Waals surface area contributed by atoms with Crippen LogP contribution in [0.3, 0.4) is 0 Å². The van der Waals surface area contributed by atoms with Gasteiger partial charge in [-0.25, -0.2) is 4.98 Å². The van der Waals surface area contributed by atoms with Crippen molar-refractivity contribution < 1.29 is 14.3 Å². The molecule has 2 amide bonds. The number of imidazole rings is 1. The third kappa shape index (κ3) is 7.13. The average Bonchev–Trinajstić information content (AvgIpc) is 3.01. The molecule has 166 valence electrons. The maximum absolute atomic E-state index is 13.2. The van der Waals surface area contributed by atoms with Gasteiger partial charge in [-0.15, -0.1) is 0 Å². The second-order valence-corrected chi connectivity index (χ2v) is 8.58. The molecule has 0 radical (unpaired) electrons. The summed E-state index contributed by atoms with van der Waals surface area (Å²) in [6, 6.07) is 7.91. The monoisotopic (exact) mass is 416 g/mol. The molecule has 0 aliphatic rings. The van der Waals surface area contributed by atoms with Crippen molar-refractivity contribution in [3.05, 3.63) is 30.1 Å². The van der Waals surface area contributed by atoms with Crippen molar-refractivity contribution in [1.29, 1.82) is 0 Å². The maximum atomic E-state index is 13.2. The Kier molecular flexibility index (Phi) is 9.30. The van der Waals surface area contributed by atoms with Crippen LogP contribution < -0.4 is 5.32 Å². The average molecular weight is 417 g/mol. The molecule has 0 saturated carbocycles. The van der Waals surface area contributed by atoms with Gasteiger partial charge in [-0.1, -0.05) is 39.8 Å². The molecule has 1 N–H and O–H groups in total. The van der Waals surface area contributed by atoms with Gasteiger partial charge in [0.1, 0.15) is 19.0 Å². The number of amides is 2. The molecule has 2 rings (SSSR count). The predicted octanol–water partition coefficient (Wildman–Crippen LogP) is 2.87. The summed E-state index contributed by atoms with van der Waals surface area (Å²) < 4.78 is 6.86. The zero-order valence-corrected chi connectivity index (χ0v) is 19.0. The van der Waals surface area contributed by atoms with Gasteiger partial charge in [0, 0.05) is 33.2 Å². The van der Waals surface area contributed by atoms with Crippen molar-refractivity contribution in [3.63, 3.8) is 0 Å². The lowest BCUT2D eigenvalue weighted by atomic mass is 10.1. The number of hydrogen-bond acceptors (Lipinski definition) is 4. The first kappa shape index (κ1) is 23.9. The molecular formula is C23H36N4O3. The molecule has 0 atom stereocenters. The standard InChI is InChI=1S/C23H36N4O3/c1-17(2)13-26(14-18(3)4)23(29)15-27-20-10-7-6-9-19(20)25-21(27)11-8-12-24-22(28)16-30-5/h6-7,9-10,17-18H,8,11-16H2,1-5H3,(H,24,28). The molecule has 0 spiro atoms. The van der Waals surface area contributed by atoms with E-state index >= 15 is 0 Å². The summed E-state index contributed by atoms with van der Waals surface area (Å²) in [5.74, 6) is 1.71. The van der Waals surface area contributed by atoms with Gasteiger partial charge in [-0.3, -0.25) is 9.59 Å². The number of ether oxygens (including phenoxy) is 1. The largest absolute Gasteiger partial charge is 0.375 e. The Hall–Kier alpha value is -2.41. The van der Waals surface area contributed by atoms with Crippen molar-refractivity contribution in [3.8, 4) is 0 Å². The number of aromatic nitrogens is 2. The lowest BCUT2D eigenvalue weighted by Crippen LogP contribution is -2.39. The Labute approximate surface area is 179 Å². The molecule has 2 aromatic rings. The van der Waals surface area contributed by atoms with Gasteiger partial charge in [0.25, 0.3) is 0 Å². The Bertz CT molecular complexity index is 819. The van der Waals surface area contributed by atoms with Crippen LogP contribution in [0.2, 0.25) is 0 Å². The minimum absolute atomic E-state index is 0.0640. The summed E-state index contributed by atoms with van der Waals surface area (Å²) in [4.78, 5) is 31.5. The normalized spacial score (nSPS) is 11.4. The molecule has 0 aliphatic carbocycles. The summed E-state index contributed by atoms with van der Waals surface area (Å²) in [6.07, 6.45) is 1.43. The number of para-hydroxylation sites is 2. The highest BCUT2D eigenvalue weighted by molar-refractivity contribution is 5.81. The summed E-state index contributed by atoms with van der Waals surface area (Å²) in [5, 5.41) is 2.83. The number of carbonyl (C=O) groups excluding carboxylic acids is 2. The Balaban J connectivity index is 2.14. The van der Waals surface area contributed by atoms with E-state index in [9.17, 15) is 9.59 Å². The first-order chi connectivity index (χ1) is 14.3. The van der Waals surface area contributed by atoms with Gasteiger partial charge in [-0.2, -0.15) is 0 Å². The molecule has 7 heteroatoms. The van der Waals surface area contributed by atoms with Crippen molar-refractivity contribution in [2.45, 2.75) is 47.1 Å². The highest BCUT2D eigenvalue weighted by atomic mass is 16.5. The van der Waals surface area contributed by atoms with Gasteiger partial charge < -0.3 is 19.5 Å². The van der Waals surface area contributed by atoms with E-state index in [4.69, 9.17) is 9.72 Å². The van der Waals surface area contributed by atoms with E-state index in [1.54, 1.807) is 0 Å². The minimum Gasteiger partial charge on any atom is -0.375 e. The van der Waals surface area contributed by atoms with Crippen LogP contribution in [0.5, 0.6) is 0 Å². The SMILES string of the molecule is COCC(=O)NCCCc1nc2ccccc2n1CC(=O)N(CC(C)C)CC(C)C. The number of methoxy groups -OCH3 is 1. The van der Waals surface area contributed by atoms with E-state index < -0.39 is 0 Å². The van der Waals surface area contributed by atoms with Crippen molar-refractivity contribution >= 4 is 22.8 Å². The number of fused-ring (bicyclic) bond motifs is 1. The fourth-order valence-electron chi connectivity index (χ4n) is 3.54. The second kappa shape index (κ2) is 11.7. The number of benzene rings is 1. The van der Waals surface area contributed by atoms with Crippen LogP contribution in [0.15, 0.2) is 24.3 Å². The van der Waals surface area contributed by atoms with Gasteiger partial charge >= 0.3 is 0 Å². The third-order valence-corrected chi connectivity index (χ3v) is 4.73. The van der Waals surface area contributed by atoms with Gasteiger partial charge in [0.15, 0.2) is 0 Å². The summed E-state index contributed by atoms with van der Waals surface area (Å²) in [6.45, 7) is 10.9. The van der Waals surface area contributed by atoms with E-state index in [0.29, 0.717) is 24.8 Å². The number of nitrogens with zero attached hydrogens (tertiary/aromatic N) is 3. The summed E-state index contributed by atoms with van der Waals surface area (Å²) in [5.41, 5.74) is 1.86. The zero-order valence-electron chi connectivity index (χ0n) is 19.0. The first-order valence-corrected chi connectivity index (χ1v) is 10.8. The molecule has 1 aromatic heterocycles. The smallest absolute Gasteiger partial charge is 0.245 e. The van der Waals surface area contributed by atoms with Crippen LogP contribution in [-0.4, -0.2) is 59.6 Å². The number of aryl methyl sites for hydroxylation is 1. The van der Waals surface area contributed by atoms with Gasteiger partial charge in [-0.05, 0) is 30.4 Å². The summed E-state index contributed by atoms with van der Waals surface area (Å²) in [7, 11) is 1.50. The zero-order chi connectivity index (χ0) is 22.1. The number of carbonyl (C=O) groups is 2. The Morgan fingerprint density at radius 3 is 2.43 bits per heavy atom. The van der Waals surface area contributed by atoms with Crippen LogP contribution in [0, 0.1) is 11.8 Å². The van der Waals surface area contributed by atoms with E-state index in [-0.39, 0.29) is 25.0 Å². The highest BCUT2D eigenvalue weighted by Gasteiger charge is 2.20. The lowest BCUT2D eigenvalue weighted by molar-refractivity contribution is -0.133. The highest BCUT2D eigenvalue weighted by Crippen LogP contribution is 2.18. The fraction of sp³-hybridized carbons (Fsp3) is 0.609. The Morgan fingerprint density at radius 1 is 1.13 bits per heavy atom. The summed E-state index contributed by atoms with van der Waals surface area (Å²) >= 11 is 0. The first-order valence-electron chi connectivity index (χ1n) is 10.8. The number of rotatable bonds is 12. The van der Waals surface area contributed by atoms with Crippen molar-refractivity contribution in [2.24, 2.45) is 11.8 Å². The van der Waals surface area contributed by atoms with Crippen LogP contribution in [-0.2, 0) is 27.3 Å². The van der Waals surface area contributed by atoms with Crippen molar-refractivity contribution in [2.75, 3.05) is 33.4 Å². The maximum Gasteiger partial charge on any atom is 0.245 e. The van der Waals surface area contributed by atoms with E-state index in [0.717, 1.165) is 36.4 Å². The molecule has 0 bridgehead atoms. The Morgan fingerprint density at radius 2 is 1.80 bits per heavy atom. The number of hydrogen-bond donors (Lipinski definition) is 1. The molecule has 7 nitrogen and oxygen atoms in total. The van der Waals surface area contributed by atoms with E-state index in [1.807, 2.05) is 33.7 Å². The molecule has 0 aliphatic heterocycles. The molecule has 0 unspecified atom stereocenters. The quantitative estimate of drug-likeness (QED) is 0.540. The second-order valence-electron chi connectivity index (χ2n) is 8.58. The van der Waals surface area contributed by atoms with Gasteiger partial charge in [0.05, 0.1) is 11.0 Å². The van der Waals surface area contributed by atoms with Crippen LogP contribution in [0.1, 0.15) is 39.9 Å². The van der Waals surface area contributed by atoms with Gasteiger partial charge in [0.2, 0.25) is 11.8 Å². The topological polar surface area (TPSA) is 76.5 Å². The lowest BCUT2D eigenvalue weighted by Gasteiger charge is -2.27. The third-order valence-electron chi connectivity index (χ3n) is 4.73.